The van der Waals surface area contributed by atoms with Crippen molar-refractivity contribution in [3.05, 3.63) is 52.1 Å². The molecule has 4 N–H and O–H groups in total. The zero-order valence-electron chi connectivity index (χ0n) is 11.7. The maximum Gasteiger partial charge on any atom is 0.237 e. The van der Waals surface area contributed by atoms with Crippen molar-refractivity contribution in [3.8, 4) is 0 Å². The van der Waals surface area contributed by atoms with Crippen LogP contribution in [0.2, 0.25) is 0 Å². The number of nitrogens with two attached hydrogens (primary N) is 2. The van der Waals surface area contributed by atoms with Gasteiger partial charge in [-0.3, -0.25) is 4.79 Å². The van der Waals surface area contributed by atoms with Crippen LogP contribution in [0.3, 0.4) is 0 Å². The van der Waals surface area contributed by atoms with Gasteiger partial charge in [-0.05, 0) is 52.2 Å². The molecule has 2 rings (SSSR count). The lowest BCUT2D eigenvalue weighted by molar-refractivity contribution is -0.116. The van der Waals surface area contributed by atoms with Crippen LogP contribution < -0.4 is 16.4 Å². The highest BCUT2D eigenvalue weighted by atomic mass is 79.9. The first kappa shape index (κ1) is 15.3. The number of hydrogen-bond donors (Lipinski definition) is 2. The van der Waals surface area contributed by atoms with Gasteiger partial charge in [-0.1, -0.05) is 12.1 Å². The monoisotopic (exact) mass is 348 g/mol. The summed E-state index contributed by atoms with van der Waals surface area (Å²) in [5, 5.41) is 0. The second kappa shape index (κ2) is 6.58. The second-order valence-corrected chi connectivity index (χ2v) is 5.71. The van der Waals surface area contributed by atoms with Gasteiger partial charge in [0.25, 0.3) is 0 Å². The van der Waals surface area contributed by atoms with Gasteiger partial charge >= 0.3 is 0 Å². The molecule has 110 valence electrons. The van der Waals surface area contributed by atoms with Gasteiger partial charge in [-0.25, -0.2) is 4.98 Å². The van der Waals surface area contributed by atoms with E-state index in [1.165, 1.54) is 0 Å². The van der Waals surface area contributed by atoms with Crippen LogP contribution in [0.15, 0.2) is 41.0 Å². The van der Waals surface area contributed by atoms with Crippen molar-refractivity contribution in [2.24, 2.45) is 5.73 Å². The highest BCUT2D eigenvalue weighted by Crippen LogP contribution is 2.21. The smallest absolute Gasteiger partial charge is 0.237 e. The number of hydrogen-bond acceptors (Lipinski definition) is 4. The Morgan fingerprint density at radius 3 is 2.76 bits per heavy atom. The number of anilines is 2. The van der Waals surface area contributed by atoms with Gasteiger partial charge < -0.3 is 16.4 Å². The van der Waals surface area contributed by atoms with Gasteiger partial charge in [0.15, 0.2) is 0 Å². The summed E-state index contributed by atoms with van der Waals surface area (Å²) in [6, 6.07) is 9.45. The molecule has 0 aliphatic heterocycles. The first-order valence-electron chi connectivity index (χ1n) is 6.45. The number of benzene rings is 1. The summed E-state index contributed by atoms with van der Waals surface area (Å²) < 4.78 is 0.925. The van der Waals surface area contributed by atoms with Crippen LogP contribution in [0.4, 0.5) is 11.5 Å². The van der Waals surface area contributed by atoms with E-state index in [9.17, 15) is 4.79 Å². The third-order valence-electron chi connectivity index (χ3n) is 3.03. The van der Waals surface area contributed by atoms with Gasteiger partial charge in [-0.2, -0.15) is 0 Å². The molecule has 0 saturated carbocycles. The number of primary amides is 1. The molecule has 1 amide bonds. The summed E-state index contributed by atoms with van der Waals surface area (Å²) in [7, 11) is 0. The van der Waals surface area contributed by atoms with Crippen molar-refractivity contribution >= 4 is 33.3 Å². The molecule has 0 aliphatic carbocycles. The first-order chi connectivity index (χ1) is 9.95. The van der Waals surface area contributed by atoms with E-state index in [-0.39, 0.29) is 6.54 Å². The van der Waals surface area contributed by atoms with E-state index in [2.05, 4.69) is 20.9 Å². The fraction of sp³-hybridized carbons (Fsp3) is 0.200. The van der Waals surface area contributed by atoms with Crippen LogP contribution in [0.25, 0.3) is 0 Å². The van der Waals surface area contributed by atoms with Gasteiger partial charge in [0.2, 0.25) is 5.91 Å². The number of aryl methyl sites for hydroxylation is 1. The van der Waals surface area contributed by atoms with Gasteiger partial charge in [0, 0.05) is 22.9 Å². The second-order valence-electron chi connectivity index (χ2n) is 4.86. The standard InChI is InChI=1S/C15H17BrN4O/c1-10-5-15(19-7-13(10)16)20(9-14(18)21)8-11-3-2-4-12(17)6-11/h2-7H,8-9,17H2,1H3,(H2,18,21). The molecule has 0 aliphatic rings. The lowest BCUT2D eigenvalue weighted by Crippen LogP contribution is -2.34. The SMILES string of the molecule is Cc1cc(N(CC(N)=O)Cc2cccc(N)c2)ncc1Br. The van der Waals surface area contributed by atoms with Gasteiger partial charge in [0.1, 0.15) is 5.82 Å². The molecular weight excluding hydrogens is 332 g/mol. The largest absolute Gasteiger partial charge is 0.399 e. The molecule has 0 spiro atoms. The zero-order valence-corrected chi connectivity index (χ0v) is 13.3. The van der Waals surface area contributed by atoms with Crippen LogP contribution in [0.5, 0.6) is 0 Å². The molecule has 0 fully saturated rings. The van der Waals surface area contributed by atoms with Gasteiger partial charge in [-0.15, -0.1) is 0 Å². The molecule has 1 aromatic carbocycles. The normalized spacial score (nSPS) is 10.4. The minimum atomic E-state index is -0.402. The number of rotatable bonds is 5. The van der Waals surface area contributed by atoms with E-state index in [0.717, 1.165) is 15.6 Å². The van der Waals surface area contributed by atoms with E-state index >= 15 is 0 Å². The van der Waals surface area contributed by atoms with Crippen molar-refractivity contribution in [2.75, 3.05) is 17.2 Å². The summed E-state index contributed by atoms with van der Waals surface area (Å²) in [5.74, 6) is 0.304. The Kier molecular flexibility index (Phi) is 4.80. The highest BCUT2D eigenvalue weighted by Gasteiger charge is 2.13. The maximum atomic E-state index is 11.3. The van der Waals surface area contributed by atoms with Crippen molar-refractivity contribution in [1.82, 2.24) is 4.98 Å². The van der Waals surface area contributed by atoms with E-state index < -0.39 is 5.91 Å². The molecule has 0 atom stereocenters. The van der Waals surface area contributed by atoms with Gasteiger partial charge in [0.05, 0.1) is 6.54 Å². The van der Waals surface area contributed by atoms with E-state index in [0.29, 0.717) is 18.1 Å². The molecule has 0 saturated heterocycles. The summed E-state index contributed by atoms with van der Waals surface area (Å²) in [4.78, 5) is 17.5. The molecule has 5 nitrogen and oxygen atoms in total. The summed E-state index contributed by atoms with van der Waals surface area (Å²) in [5.41, 5.74) is 13.9. The number of carbonyl (C=O) groups is 1. The minimum Gasteiger partial charge on any atom is -0.399 e. The maximum absolute atomic E-state index is 11.3. The third-order valence-corrected chi connectivity index (χ3v) is 3.86. The molecule has 0 radical (unpaired) electrons. The van der Waals surface area contributed by atoms with Crippen LogP contribution in [0.1, 0.15) is 11.1 Å². The fourth-order valence-corrected chi connectivity index (χ4v) is 2.23. The Bertz CT molecular complexity index is 660. The molecule has 1 heterocycles. The van der Waals surface area contributed by atoms with Crippen molar-refractivity contribution in [3.63, 3.8) is 0 Å². The number of nitrogen functional groups attached to an aromatic ring is 1. The Balaban J connectivity index is 2.29. The molecule has 1 aromatic heterocycles. The average Bonchev–Trinajstić information content (AvgIpc) is 2.41. The predicted octanol–water partition coefficient (Wildman–Crippen LogP) is 2.23. The number of aromatic nitrogens is 1. The third kappa shape index (κ3) is 4.19. The Morgan fingerprint density at radius 1 is 1.38 bits per heavy atom. The van der Waals surface area contributed by atoms with Crippen LogP contribution in [-0.2, 0) is 11.3 Å². The number of pyridine rings is 1. The minimum absolute atomic E-state index is 0.100. The predicted molar refractivity (Wildman–Crippen MR) is 87.8 cm³/mol. The molecule has 0 unspecified atom stereocenters. The van der Waals surface area contributed by atoms with Crippen LogP contribution in [-0.4, -0.2) is 17.4 Å². The van der Waals surface area contributed by atoms with Crippen molar-refractivity contribution in [2.45, 2.75) is 13.5 Å². The van der Waals surface area contributed by atoms with Crippen molar-refractivity contribution < 1.29 is 4.79 Å². The van der Waals surface area contributed by atoms with Crippen LogP contribution >= 0.6 is 15.9 Å². The topological polar surface area (TPSA) is 85.2 Å². The Labute approximate surface area is 132 Å². The molecule has 21 heavy (non-hydrogen) atoms. The summed E-state index contributed by atoms with van der Waals surface area (Å²) in [6.07, 6.45) is 1.72. The quantitative estimate of drug-likeness (QED) is 0.811. The van der Waals surface area contributed by atoms with E-state index in [4.69, 9.17) is 11.5 Å². The number of nitrogens with zero attached hydrogens (tertiary/aromatic N) is 2. The lowest BCUT2D eigenvalue weighted by Gasteiger charge is -2.23. The highest BCUT2D eigenvalue weighted by molar-refractivity contribution is 9.10. The lowest BCUT2D eigenvalue weighted by atomic mass is 10.2. The Morgan fingerprint density at radius 2 is 2.14 bits per heavy atom. The number of carbonyl (C=O) groups excluding carboxylic acids is 1. The zero-order chi connectivity index (χ0) is 15.4. The molecule has 0 bridgehead atoms. The molecule has 2 aromatic rings. The summed E-state index contributed by atoms with van der Waals surface area (Å²) in [6.45, 7) is 2.59. The number of amides is 1. The molecule has 6 heteroatoms. The van der Waals surface area contributed by atoms with E-state index in [1.54, 1.807) is 6.20 Å². The molecular formula is C15H17BrN4O. The van der Waals surface area contributed by atoms with Crippen molar-refractivity contribution in [1.29, 1.82) is 0 Å². The van der Waals surface area contributed by atoms with Crippen LogP contribution in [0, 0.1) is 6.92 Å². The number of halogens is 1. The average molecular weight is 349 g/mol. The Hall–Kier alpha value is -2.08. The first-order valence-corrected chi connectivity index (χ1v) is 7.25. The van der Waals surface area contributed by atoms with E-state index in [1.807, 2.05) is 42.2 Å². The summed E-state index contributed by atoms with van der Waals surface area (Å²) >= 11 is 3.42. The fourth-order valence-electron chi connectivity index (χ4n) is 2.02.